The van der Waals surface area contributed by atoms with Gasteiger partial charge in [-0.25, -0.2) is 13.3 Å². The minimum Gasteiger partial charge on any atom is -0.406 e. The first kappa shape index (κ1) is 25.1. The second-order valence-electron chi connectivity index (χ2n) is 6.72. The van der Waals surface area contributed by atoms with Gasteiger partial charge < -0.3 is 4.74 Å². The van der Waals surface area contributed by atoms with E-state index in [-0.39, 0.29) is 27.5 Å². The van der Waals surface area contributed by atoms with E-state index in [1.54, 1.807) is 6.92 Å². The number of benzene rings is 2. The lowest BCUT2D eigenvalue weighted by molar-refractivity contribution is -0.274. The van der Waals surface area contributed by atoms with Crippen molar-refractivity contribution in [2.45, 2.75) is 18.2 Å². The number of fused-ring (bicyclic) bond motifs is 1. The van der Waals surface area contributed by atoms with Crippen molar-refractivity contribution in [2.75, 3.05) is 4.72 Å². The number of imide groups is 1. The molecule has 0 radical (unpaired) electrons. The van der Waals surface area contributed by atoms with Crippen LogP contribution < -0.4 is 9.46 Å². The van der Waals surface area contributed by atoms with E-state index in [2.05, 4.69) is 16.0 Å². The van der Waals surface area contributed by atoms with Gasteiger partial charge >= 0.3 is 6.36 Å². The first-order chi connectivity index (χ1) is 15.9. The monoisotopic (exact) mass is 512 g/mol. The first-order valence-corrected chi connectivity index (χ1v) is 11.3. The van der Waals surface area contributed by atoms with E-state index in [9.17, 15) is 31.2 Å². The molecule has 2 aromatic carbocycles. The lowest BCUT2D eigenvalue weighted by Gasteiger charge is -2.15. The van der Waals surface area contributed by atoms with Crippen molar-refractivity contribution in [1.82, 2.24) is 4.90 Å². The van der Waals surface area contributed by atoms with Crippen LogP contribution in [0.4, 0.5) is 18.9 Å². The number of hydrogen-bond acceptors (Lipinski definition) is 5. The predicted molar refractivity (Wildman–Crippen MR) is 119 cm³/mol. The summed E-state index contributed by atoms with van der Waals surface area (Å²) >= 11 is 6.14. The summed E-state index contributed by atoms with van der Waals surface area (Å²) in [7, 11) is -4.36. The van der Waals surface area contributed by atoms with Crippen LogP contribution in [-0.4, -0.2) is 31.5 Å². The van der Waals surface area contributed by atoms with Crippen molar-refractivity contribution >= 4 is 39.1 Å². The quantitative estimate of drug-likeness (QED) is 0.402. The molecule has 1 N–H and O–H groups in total. The maximum absolute atomic E-state index is 13.1. The molecular formula is C22H16ClF3N2O5S. The van der Waals surface area contributed by atoms with Crippen molar-refractivity contribution < 1.29 is 35.9 Å². The van der Waals surface area contributed by atoms with Gasteiger partial charge in [0.05, 0.1) is 26.7 Å². The van der Waals surface area contributed by atoms with Gasteiger partial charge in [0, 0.05) is 5.70 Å². The smallest absolute Gasteiger partial charge is 0.406 e. The largest absolute Gasteiger partial charge is 0.573 e. The third-order valence-corrected chi connectivity index (χ3v) is 6.25. The number of allylic oxidation sites excluding steroid dienone is 4. The summed E-state index contributed by atoms with van der Waals surface area (Å²) in [6.45, 7) is 5.13. The fourth-order valence-corrected chi connectivity index (χ4v) is 4.44. The number of halogens is 4. The van der Waals surface area contributed by atoms with Crippen LogP contribution >= 0.6 is 11.6 Å². The Hall–Kier alpha value is -3.57. The molecule has 34 heavy (non-hydrogen) atoms. The number of hydrogen-bond donors (Lipinski definition) is 1. The van der Waals surface area contributed by atoms with Gasteiger partial charge in [0.2, 0.25) is 0 Å². The second kappa shape index (κ2) is 9.35. The number of alkyl halides is 3. The minimum atomic E-state index is -4.94. The summed E-state index contributed by atoms with van der Waals surface area (Å²) in [6.07, 6.45) is 0.991. The van der Waals surface area contributed by atoms with Gasteiger partial charge in [-0.15, -0.1) is 13.2 Å². The minimum absolute atomic E-state index is 0.0596. The first-order valence-electron chi connectivity index (χ1n) is 9.45. The third kappa shape index (κ3) is 5.00. The van der Waals surface area contributed by atoms with Crippen LogP contribution in [0.5, 0.6) is 5.75 Å². The molecule has 0 unspecified atom stereocenters. The van der Waals surface area contributed by atoms with Gasteiger partial charge in [0.25, 0.3) is 21.8 Å². The second-order valence-corrected chi connectivity index (χ2v) is 8.81. The summed E-state index contributed by atoms with van der Waals surface area (Å²) < 4.78 is 68.6. The molecule has 0 saturated heterocycles. The Morgan fingerprint density at radius 3 is 2.26 bits per heavy atom. The molecule has 178 valence electrons. The average molecular weight is 513 g/mol. The summed E-state index contributed by atoms with van der Waals surface area (Å²) in [5.41, 5.74) is -0.452. The Labute approximate surface area is 197 Å². The topological polar surface area (TPSA) is 92.8 Å². The molecule has 0 spiro atoms. The summed E-state index contributed by atoms with van der Waals surface area (Å²) in [4.78, 5) is 26.5. The molecule has 0 aliphatic carbocycles. The molecule has 0 aromatic heterocycles. The molecule has 2 amide bonds. The van der Waals surface area contributed by atoms with Crippen LogP contribution in [-0.2, 0) is 10.0 Å². The SMILES string of the molecule is C=C/C=C\C(=C/C)N1C(=O)c2c(Cl)ccc(NS(=O)(=O)c3ccc(OC(F)(F)F)cc3)c2C1=O. The highest BCUT2D eigenvalue weighted by atomic mass is 35.5. The Kier molecular flexibility index (Phi) is 6.89. The Morgan fingerprint density at radius 1 is 1.09 bits per heavy atom. The van der Waals surface area contributed by atoms with Gasteiger partial charge in [-0.2, -0.15) is 0 Å². The fourth-order valence-electron chi connectivity index (χ4n) is 3.13. The molecule has 0 saturated carbocycles. The van der Waals surface area contributed by atoms with Gasteiger partial charge in [-0.05, 0) is 49.4 Å². The Morgan fingerprint density at radius 2 is 1.71 bits per heavy atom. The van der Waals surface area contributed by atoms with Crippen molar-refractivity contribution in [2.24, 2.45) is 0 Å². The molecule has 7 nitrogen and oxygen atoms in total. The van der Waals surface area contributed by atoms with Gasteiger partial charge in [0.15, 0.2) is 0 Å². The van der Waals surface area contributed by atoms with Crippen LogP contribution in [0, 0.1) is 0 Å². The molecule has 0 bridgehead atoms. The zero-order valence-electron chi connectivity index (χ0n) is 17.4. The van der Waals surface area contributed by atoms with E-state index in [0.29, 0.717) is 0 Å². The van der Waals surface area contributed by atoms with Crippen molar-refractivity contribution in [3.63, 3.8) is 0 Å². The molecule has 2 aromatic rings. The highest BCUT2D eigenvalue weighted by Crippen LogP contribution is 2.37. The van der Waals surface area contributed by atoms with E-state index in [1.807, 2.05) is 0 Å². The molecule has 1 aliphatic heterocycles. The van der Waals surface area contributed by atoms with Gasteiger partial charge in [0.1, 0.15) is 5.75 Å². The normalized spacial score (nSPS) is 14.5. The van der Waals surface area contributed by atoms with Crippen molar-refractivity contribution in [3.8, 4) is 5.75 Å². The van der Waals surface area contributed by atoms with Crippen molar-refractivity contribution in [3.05, 3.63) is 89.1 Å². The molecular weight excluding hydrogens is 497 g/mol. The number of rotatable bonds is 7. The highest BCUT2D eigenvalue weighted by Gasteiger charge is 2.41. The lowest BCUT2D eigenvalue weighted by Crippen LogP contribution is -2.28. The number of nitrogens with zero attached hydrogens (tertiary/aromatic N) is 1. The van der Waals surface area contributed by atoms with E-state index < -0.39 is 38.8 Å². The summed E-state index contributed by atoms with van der Waals surface area (Å²) in [6, 6.07) is 5.92. The molecule has 1 aliphatic rings. The number of amides is 2. The highest BCUT2D eigenvalue weighted by molar-refractivity contribution is 7.92. The number of carbonyl (C=O) groups is 2. The summed E-state index contributed by atoms with van der Waals surface area (Å²) in [5, 5.41) is -0.0596. The maximum atomic E-state index is 13.1. The number of carbonyl (C=O) groups excluding carboxylic acids is 2. The molecule has 0 atom stereocenters. The van der Waals surface area contributed by atoms with Gasteiger partial charge in [-0.1, -0.05) is 36.4 Å². The average Bonchev–Trinajstić information content (AvgIpc) is 3.02. The van der Waals surface area contributed by atoms with Crippen LogP contribution in [0.1, 0.15) is 27.6 Å². The predicted octanol–water partition coefficient (Wildman–Crippen LogP) is 5.28. The zero-order chi connectivity index (χ0) is 25.3. The number of sulfonamides is 1. The fraction of sp³-hybridized carbons (Fsp3) is 0.0909. The standard InChI is InChI=1S/C22H16ClF3N2O5S/c1-3-5-6-13(4-2)28-20(29)18-16(23)11-12-17(19(18)21(28)30)27-34(31,32)15-9-7-14(8-10-15)33-22(24,25)26/h3-12,27H,1H2,2H3/b6-5-,13-4+. The van der Waals surface area contributed by atoms with Crippen LogP contribution in [0.25, 0.3) is 0 Å². The number of ether oxygens (including phenoxy) is 1. The number of anilines is 1. The number of nitrogens with one attached hydrogen (secondary N) is 1. The van der Waals surface area contributed by atoms with E-state index in [1.165, 1.54) is 36.4 Å². The van der Waals surface area contributed by atoms with Crippen LogP contribution in [0.3, 0.4) is 0 Å². The maximum Gasteiger partial charge on any atom is 0.573 e. The van der Waals surface area contributed by atoms with E-state index in [4.69, 9.17) is 11.6 Å². The molecule has 0 fully saturated rings. The van der Waals surface area contributed by atoms with Crippen LogP contribution in [0.15, 0.2) is 77.9 Å². The zero-order valence-corrected chi connectivity index (χ0v) is 19.0. The van der Waals surface area contributed by atoms with E-state index >= 15 is 0 Å². The molecule has 12 heteroatoms. The van der Waals surface area contributed by atoms with Crippen molar-refractivity contribution in [1.29, 1.82) is 0 Å². The Bertz CT molecular complexity index is 1330. The summed E-state index contributed by atoms with van der Waals surface area (Å²) in [5.74, 6) is -2.17. The van der Waals surface area contributed by atoms with E-state index in [0.717, 1.165) is 29.2 Å². The lowest BCUT2D eigenvalue weighted by atomic mass is 10.1. The van der Waals surface area contributed by atoms with Gasteiger partial charge in [-0.3, -0.25) is 14.3 Å². The van der Waals surface area contributed by atoms with Crippen LogP contribution in [0.2, 0.25) is 5.02 Å². The Balaban J connectivity index is 1.99. The molecule has 3 rings (SSSR count). The molecule has 1 heterocycles. The third-order valence-electron chi connectivity index (χ3n) is 4.56.